The topological polar surface area (TPSA) is 79.5 Å². The molecule has 1 spiro atoms. The maximum atomic E-state index is 13.0. The number of furan rings is 1. The van der Waals surface area contributed by atoms with Crippen LogP contribution in [0.25, 0.3) is 0 Å². The Kier molecular flexibility index (Phi) is 3.55. The van der Waals surface area contributed by atoms with Gasteiger partial charge in [0.15, 0.2) is 5.76 Å². The molecule has 0 bridgehead atoms. The lowest BCUT2D eigenvalue weighted by atomic mass is 9.78. The van der Waals surface area contributed by atoms with Gasteiger partial charge in [-0.25, -0.2) is 9.97 Å². The average molecular weight is 326 g/mol. The first-order valence-corrected chi connectivity index (χ1v) is 8.09. The molecule has 24 heavy (non-hydrogen) atoms. The van der Waals surface area contributed by atoms with E-state index in [9.17, 15) is 9.59 Å². The lowest BCUT2D eigenvalue weighted by Crippen LogP contribution is -2.49. The van der Waals surface area contributed by atoms with Crippen LogP contribution in [0.1, 0.15) is 29.8 Å². The zero-order valence-electron chi connectivity index (χ0n) is 13.2. The first-order chi connectivity index (χ1) is 11.7. The number of aromatic nitrogens is 2. The average Bonchev–Trinajstić information content (AvgIpc) is 3.26. The second-order valence-corrected chi connectivity index (χ2v) is 6.39. The predicted octanol–water partition coefficient (Wildman–Crippen LogP) is 1.73. The molecule has 7 nitrogen and oxygen atoms in total. The fourth-order valence-electron chi connectivity index (χ4n) is 3.74. The molecule has 2 aliphatic heterocycles. The standard InChI is InChI=1S/C17H18N4O3/c22-15(14-3-1-8-24-14)20-6-2-4-17(11-20)5-7-21(16(17)23)13-9-18-12-19-10-13/h1,3,8-10,12H,2,4-7,11H2/t17-/m0/s1. The number of piperidine rings is 1. The summed E-state index contributed by atoms with van der Waals surface area (Å²) in [6, 6.07) is 3.36. The Morgan fingerprint density at radius 3 is 2.79 bits per heavy atom. The minimum absolute atomic E-state index is 0.0641. The highest BCUT2D eigenvalue weighted by atomic mass is 16.3. The summed E-state index contributed by atoms with van der Waals surface area (Å²) >= 11 is 0. The van der Waals surface area contributed by atoms with Gasteiger partial charge in [0.1, 0.15) is 6.33 Å². The fourth-order valence-corrected chi connectivity index (χ4v) is 3.74. The fraction of sp³-hybridized carbons (Fsp3) is 0.412. The Morgan fingerprint density at radius 1 is 1.21 bits per heavy atom. The van der Waals surface area contributed by atoms with Gasteiger partial charge in [0.25, 0.3) is 5.91 Å². The number of rotatable bonds is 2. The quantitative estimate of drug-likeness (QED) is 0.839. The molecule has 2 aliphatic rings. The number of hydrogen-bond donors (Lipinski definition) is 0. The largest absolute Gasteiger partial charge is 0.459 e. The van der Waals surface area contributed by atoms with Gasteiger partial charge in [-0.1, -0.05) is 0 Å². The Bertz CT molecular complexity index is 746. The minimum Gasteiger partial charge on any atom is -0.459 e. The lowest BCUT2D eigenvalue weighted by Gasteiger charge is -2.38. The molecule has 7 heteroatoms. The number of carbonyl (C=O) groups excluding carboxylic acids is 2. The summed E-state index contributed by atoms with van der Waals surface area (Å²) in [6.07, 6.45) is 8.60. The summed E-state index contributed by atoms with van der Waals surface area (Å²) in [6.45, 7) is 1.73. The maximum Gasteiger partial charge on any atom is 0.289 e. The van der Waals surface area contributed by atoms with Crippen molar-refractivity contribution in [1.29, 1.82) is 0 Å². The molecule has 4 rings (SSSR count). The van der Waals surface area contributed by atoms with Gasteiger partial charge >= 0.3 is 0 Å². The van der Waals surface area contributed by atoms with Crippen LogP contribution < -0.4 is 4.90 Å². The van der Waals surface area contributed by atoms with E-state index in [1.165, 1.54) is 12.6 Å². The van der Waals surface area contributed by atoms with Crippen LogP contribution in [0.15, 0.2) is 41.5 Å². The number of likely N-dealkylation sites (tertiary alicyclic amines) is 1. The zero-order chi connectivity index (χ0) is 16.6. The second kappa shape index (κ2) is 5.74. The Morgan fingerprint density at radius 2 is 2.04 bits per heavy atom. The highest BCUT2D eigenvalue weighted by Gasteiger charge is 2.50. The van der Waals surface area contributed by atoms with Gasteiger partial charge in [-0.05, 0) is 31.4 Å². The van der Waals surface area contributed by atoms with E-state index < -0.39 is 5.41 Å². The van der Waals surface area contributed by atoms with E-state index in [2.05, 4.69) is 9.97 Å². The van der Waals surface area contributed by atoms with Gasteiger partial charge in [-0.15, -0.1) is 0 Å². The first-order valence-electron chi connectivity index (χ1n) is 8.09. The molecule has 2 aromatic heterocycles. The molecule has 0 radical (unpaired) electrons. The molecule has 2 fully saturated rings. The van der Waals surface area contributed by atoms with Crippen molar-refractivity contribution >= 4 is 17.5 Å². The van der Waals surface area contributed by atoms with Crippen LogP contribution in [-0.4, -0.2) is 46.3 Å². The van der Waals surface area contributed by atoms with Crippen molar-refractivity contribution in [2.75, 3.05) is 24.5 Å². The Hall–Kier alpha value is -2.70. The summed E-state index contributed by atoms with van der Waals surface area (Å²) in [5.41, 5.74) is 0.213. The molecule has 0 N–H and O–H groups in total. The highest BCUT2D eigenvalue weighted by Crippen LogP contribution is 2.41. The van der Waals surface area contributed by atoms with E-state index in [-0.39, 0.29) is 11.8 Å². The molecule has 1 atom stereocenters. The van der Waals surface area contributed by atoms with E-state index in [1.54, 1.807) is 34.3 Å². The monoisotopic (exact) mass is 326 g/mol. The summed E-state index contributed by atoms with van der Waals surface area (Å²) in [5.74, 6) is 0.244. The zero-order valence-corrected chi connectivity index (χ0v) is 13.2. The van der Waals surface area contributed by atoms with Gasteiger partial charge in [0.2, 0.25) is 5.91 Å². The van der Waals surface area contributed by atoms with Crippen molar-refractivity contribution in [2.24, 2.45) is 5.41 Å². The van der Waals surface area contributed by atoms with Crippen molar-refractivity contribution in [1.82, 2.24) is 14.9 Å². The Balaban J connectivity index is 1.55. The van der Waals surface area contributed by atoms with Crippen LogP contribution in [0, 0.1) is 5.41 Å². The lowest BCUT2D eigenvalue weighted by molar-refractivity contribution is -0.127. The minimum atomic E-state index is -0.504. The summed E-state index contributed by atoms with van der Waals surface area (Å²) in [5, 5.41) is 0. The smallest absolute Gasteiger partial charge is 0.289 e. The molecule has 2 amide bonds. The molecule has 0 aromatic carbocycles. The first kappa shape index (κ1) is 14.9. The van der Waals surface area contributed by atoms with Crippen LogP contribution in [0.3, 0.4) is 0 Å². The third-order valence-electron chi connectivity index (χ3n) is 4.97. The molecule has 0 aliphatic carbocycles. The highest BCUT2D eigenvalue weighted by molar-refractivity contribution is 6.00. The Labute approximate surface area is 139 Å². The molecule has 0 unspecified atom stereocenters. The molecular formula is C17H18N4O3. The van der Waals surface area contributed by atoms with E-state index >= 15 is 0 Å². The van der Waals surface area contributed by atoms with Crippen LogP contribution in [0.2, 0.25) is 0 Å². The molecular weight excluding hydrogens is 308 g/mol. The number of nitrogens with zero attached hydrogens (tertiary/aromatic N) is 4. The van der Waals surface area contributed by atoms with Crippen LogP contribution >= 0.6 is 0 Å². The second-order valence-electron chi connectivity index (χ2n) is 6.39. The van der Waals surface area contributed by atoms with Crippen molar-refractivity contribution < 1.29 is 14.0 Å². The van der Waals surface area contributed by atoms with Crippen molar-refractivity contribution in [2.45, 2.75) is 19.3 Å². The molecule has 4 heterocycles. The van der Waals surface area contributed by atoms with Gasteiger partial charge in [0.05, 0.1) is 29.8 Å². The van der Waals surface area contributed by atoms with E-state index in [1.807, 2.05) is 0 Å². The van der Waals surface area contributed by atoms with E-state index in [0.29, 0.717) is 31.1 Å². The number of carbonyl (C=O) groups is 2. The van der Waals surface area contributed by atoms with Crippen LogP contribution in [-0.2, 0) is 4.79 Å². The summed E-state index contributed by atoms with van der Waals surface area (Å²) in [4.78, 5) is 37.1. The van der Waals surface area contributed by atoms with Gasteiger partial charge in [-0.2, -0.15) is 0 Å². The van der Waals surface area contributed by atoms with E-state index in [4.69, 9.17) is 4.42 Å². The molecule has 2 aromatic rings. The van der Waals surface area contributed by atoms with Gasteiger partial charge in [0, 0.05) is 19.6 Å². The molecule has 2 saturated heterocycles. The summed E-state index contributed by atoms with van der Waals surface area (Å²) < 4.78 is 5.21. The van der Waals surface area contributed by atoms with Crippen LogP contribution in [0.5, 0.6) is 0 Å². The van der Waals surface area contributed by atoms with Gasteiger partial charge in [-0.3, -0.25) is 9.59 Å². The van der Waals surface area contributed by atoms with E-state index in [0.717, 1.165) is 19.3 Å². The van der Waals surface area contributed by atoms with Crippen LogP contribution in [0.4, 0.5) is 5.69 Å². The van der Waals surface area contributed by atoms with Crippen molar-refractivity contribution in [3.05, 3.63) is 42.9 Å². The molecule has 0 saturated carbocycles. The SMILES string of the molecule is O=C(c1ccco1)N1CCC[C@]2(CCN(c3cncnc3)C2=O)C1. The maximum absolute atomic E-state index is 13.0. The van der Waals surface area contributed by atoms with Gasteiger partial charge < -0.3 is 14.2 Å². The normalized spacial score (nSPS) is 23.9. The predicted molar refractivity (Wildman–Crippen MR) is 85.3 cm³/mol. The third kappa shape index (κ3) is 2.36. The summed E-state index contributed by atoms with van der Waals surface area (Å²) in [7, 11) is 0. The van der Waals surface area contributed by atoms with Crippen molar-refractivity contribution in [3.63, 3.8) is 0 Å². The van der Waals surface area contributed by atoms with Crippen molar-refractivity contribution in [3.8, 4) is 0 Å². The third-order valence-corrected chi connectivity index (χ3v) is 4.97. The number of amides is 2. The number of anilines is 1. The molecule has 124 valence electrons. The number of hydrogen-bond acceptors (Lipinski definition) is 5.